The summed E-state index contributed by atoms with van der Waals surface area (Å²) in [6.45, 7) is 4.10. The maximum Gasteiger partial charge on any atom is 0.154 e. The van der Waals surface area contributed by atoms with Crippen LogP contribution >= 0.6 is 0 Å². The Labute approximate surface area is 93.3 Å². The van der Waals surface area contributed by atoms with Gasteiger partial charge < -0.3 is 5.73 Å². The third-order valence-corrected chi connectivity index (χ3v) is 5.51. The summed E-state index contributed by atoms with van der Waals surface area (Å²) >= 11 is 0. The lowest BCUT2D eigenvalue weighted by atomic mass is 9.96. The first-order valence-electron chi connectivity index (χ1n) is 5.90. The van der Waals surface area contributed by atoms with Crippen LogP contribution in [0.25, 0.3) is 0 Å². The van der Waals surface area contributed by atoms with Crippen molar-refractivity contribution in [2.24, 2.45) is 11.7 Å². The van der Waals surface area contributed by atoms with Crippen LogP contribution in [0.2, 0.25) is 0 Å². The average molecular weight is 233 g/mol. The van der Waals surface area contributed by atoms with Crippen LogP contribution in [-0.4, -0.2) is 25.5 Å². The molecule has 0 amide bonds. The summed E-state index contributed by atoms with van der Waals surface area (Å²) in [5.41, 5.74) is 5.89. The van der Waals surface area contributed by atoms with Gasteiger partial charge in [0.2, 0.25) is 0 Å². The molecule has 0 aliphatic heterocycles. The second kappa shape index (κ2) is 5.30. The van der Waals surface area contributed by atoms with Gasteiger partial charge in [0.05, 0.1) is 11.0 Å². The molecule has 0 radical (unpaired) electrons. The van der Waals surface area contributed by atoms with Gasteiger partial charge in [-0.1, -0.05) is 26.7 Å². The largest absolute Gasteiger partial charge is 0.327 e. The molecule has 1 aliphatic rings. The fraction of sp³-hybridized carbons (Fsp3) is 1.00. The van der Waals surface area contributed by atoms with E-state index in [4.69, 9.17) is 5.73 Å². The molecule has 1 fully saturated rings. The van der Waals surface area contributed by atoms with Gasteiger partial charge in [0.1, 0.15) is 0 Å². The average Bonchev–Trinajstić information content (AvgIpc) is 2.15. The lowest BCUT2D eigenvalue weighted by Gasteiger charge is -2.28. The Bertz CT molecular complexity index is 285. The van der Waals surface area contributed by atoms with Gasteiger partial charge in [0, 0.05) is 6.04 Å². The molecule has 90 valence electrons. The van der Waals surface area contributed by atoms with Crippen LogP contribution < -0.4 is 5.73 Å². The highest BCUT2D eigenvalue weighted by Crippen LogP contribution is 2.24. The first-order valence-corrected chi connectivity index (χ1v) is 7.62. The monoisotopic (exact) mass is 233 g/mol. The van der Waals surface area contributed by atoms with Gasteiger partial charge in [-0.3, -0.25) is 0 Å². The number of sulfone groups is 1. The molecule has 2 atom stereocenters. The fourth-order valence-corrected chi connectivity index (χ4v) is 4.42. The van der Waals surface area contributed by atoms with Gasteiger partial charge in [-0.05, 0) is 25.2 Å². The van der Waals surface area contributed by atoms with Crippen LogP contribution in [0, 0.1) is 5.92 Å². The molecule has 1 rings (SSSR count). The quantitative estimate of drug-likeness (QED) is 0.804. The number of hydrogen-bond donors (Lipinski definition) is 1. The Kier molecular flexibility index (Phi) is 4.59. The smallest absolute Gasteiger partial charge is 0.154 e. The van der Waals surface area contributed by atoms with Crippen molar-refractivity contribution in [2.75, 3.05) is 5.75 Å². The number of rotatable bonds is 4. The summed E-state index contributed by atoms with van der Waals surface area (Å²) in [7, 11) is -2.95. The number of hydrogen-bond acceptors (Lipinski definition) is 3. The highest BCUT2D eigenvalue weighted by Gasteiger charge is 2.32. The second-order valence-electron chi connectivity index (χ2n) is 5.04. The predicted octanol–water partition coefficient (Wildman–Crippen LogP) is 1.72. The standard InChI is InChI=1S/C11H23NO2S/c1-9(2)7-8-15(13,14)11-6-4-3-5-10(11)12/h9-11H,3-8,12H2,1-2H3. The molecule has 4 heteroatoms. The van der Waals surface area contributed by atoms with E-state index in [1.165, 1.54) is 0 Å². The van der Waals surface area contributed by atoms with Crippen molar-refractivity contribution in [3.63, 3.8) is 0 Å². The van der Waals surface area contributed by atoms with E-state index in [0.717, 1.165) is 32.1 Å². The summed E-state index contributed by atoms with van der Waals surface area (Å²) in [5, 5.41) is -0.273. The van der Waals surface area contributed by atoms with E-state index in [1.807, 2.05) is 0 Å². The molecule has 0 saturated heterocycles. The lowest BCUT2D eigenvalue weighted by molar-refractivity contribution is 0.430. The minimum atomic E-state index is -2.95. The minimum Gasteiger partial charge on any atom is -0.327 e. The molecule has 2 N–H and O–H groups in total. The van der Waals surface area contributed by atoms with Crippen LogP contribution in [0.5, 0.6) is 0 Å². The lowest BCUT2D eigenvalue weighted by Crippen LogP contribution is -2.43. The van der Waals surface area contributed by atoms with Gasteiger partial charge >= 0.3 is 0 Å². The minimum absolute atomic E-state index is 0.129. The van der Waals surface area contributed by atoms with Crippen molar-refractivity contribution in [3.8, 4) is 0 Å². The maximum absolute atomic E-state index is 12.0. The zero-order valence-electron chi connectivity index (χ0n) is 9.78. The first kappa shape index (κ1) is 13.0. The third kappa shape index (κ3) is 3.76. The summed E-state index contributed by atoms with van der Waals surface area (Å²) in [6, 6.07) is -0.129. The van der Waals surface area contributed by atoms with Gasteiger partial charge in [0.25, 0.3) is 0 Å². The Morgan fingerprint density at radius 2 is 1.87 bits per heavy atom. The van der Waals surface area contributed by atoms with E-state index < -0.39 is 9.84 Å². The Morgan fingerprint density at radius 1 is 1.27 bits per heavy atom. The molecule has 0 aromatic rings. The SMILES string of the molecule is CC(C)CCS(=O)(=O)C1CCCCC1N. The molecule has 1 aliphatic carbocycles. The van der Waals surface area contributed by atoms with Gasteiger partial charge in [-0.25, -0.2) is 8.42 Å². The predicted molar refractivity (Wildman–Crippen MR) is 63.5 cm³/mol. The van der Waals surface area contributed by atoms with Gasteiger partial charge in [-0.15, -0.1) is 0 Å². The van der Waals surface area contributed by atoms with Crippen molar-refractivity contribution in [1.82, 2.24) is 0 Å². The zero-order valence-corrected chi connectivity index (χ0v) is 10.6. The van der Waals surface area contributed by atoms with Crippen molar-refractivity contribution in [2.45, 2.75) is 57.2 Å². The van der Waals surface area contributed by atoms with Crippen molar-refractivity contribution in [1.29, 1.82) is 0 Å². The van der Waals surface area contributed by atoms with Crippen LogP contribution in [-0.2, 0) is 9.84 Å². The van der Waals surface area contributed by atoms with E-state index in [0.29, 0.717) is 11.7 Å². The van der Waals surface area contributed by atoms with Crippen molar-refractivity contribution < 1.29 is 8.42 Å². The summed E-state index contributed by atoms with van der Waals surface area (Å²) in [4.78, 5) is 0. The topological polar surface area (TPSA) is 60.2 Å². The van der Waals surface area contributed by atoms with Crippen LogP contribution in [0.15, 0.2) is 0 Å². The molecule has 0 bridgehead atoms. The van der Waals surface area contributed by atoms with E-state index in [-0.39, 0.29) is 11.3 Å². The Hall–Kier alpha value is -0.0900. The van der Waals surface area contributed by atoms with E-state index >= 15 is 0 Å². The Balaban J connectivity index is 2.59. The van der Waals surface area contributed by atoms with Crippen molar-refractivity contribution in [3.05, 3.63) is 0 Å². The fourth-order valence-electron chi connectivity index (χ4n) is 2.12. The zero-order chi connectivity index (χ0) is 11.5. The van der Waals surface area contributed by atoms with Crippen LogP contribution in [0.1, 0.15) is 46.0 Å². The van der Waals surface area contributed by atoms with Crippen molar-refractivity contribution >= 4 is 9.84 Å². The summed E-state index contributed by atoms with van der Waals surface area (Å²) < 4.78 is 24.0. The molecule has 1 saturated carbocycles. The normalized spacial score (nSPS) is 28.3. The molecule has 15 heavy (non-hydrogen) atoms. The van der Waals surface area contributed by atoms with E-state index in [2.05, 4.69) is 13.8 Å². The molecule has 2 unspecified atom stereocenters. The third-order valence-electron chi connectivity index (χ3n) is 3.19. The molecular weight excluding hydrogens is 210 g/mol. The molecule has 0 spiro atoms. The van der Waals surface area contributed by atoms with E-state index in [1.54, 1.807) is 0 Å². The maximum atomic E-state index is 12.0. The summed E-state index contributed by atoms with van der Waals surface area (Å²) in [5.74, 6) is 0.753. The van der Waals surface area contributed by atoms with Crippen LogP contribution in [0.3, 0.4) is 0 Å². The van der Waals surface area contributed by atoms with Crippen LogP contribution in [0.4, 0.5) is 0 Å². The first-order chi connectivity index (χ1) is 6.93. The highest BCUT2D eigenvalue weighted by molar-refractivity contribution is 7.92. The molecule has 3 nitrogen and oxygen atoms in total. The van der Waals surface area contributed by atoms with E-state index in [9.17, 15) is 8.42 Å². The second-order valence-corrected chi connectivity index (χ2v) is 7.38. The van der Waals surface area contributed by atoms with Gasteiger partial charge in [0.15, 0.2) is 9.84 Å². The molecule has 0 heterocycles. The summed E-state index contributed by atoms with van der Waals surface area (Å²) in [6.07, 6.45) is 4.48. The molecule has 0 aromatic carbocycles. The molecule has 0 aromatic heterocycles. The van der Waals surface area contributed by atoms with Gasteiger partial charge in [-0.2, -0.15) is 0 Å². The highest BCUT2D eigenvalue weighted by atomic mass is 32.2. The number of nitrogens with two attached hydrogens (primary N) is 1. The molecular formula is C11H23NO2S. The Morgan fingerprint density at radius 3 is 2.40 bits per heavy atom.